The van der Waals surface area contributed by atoms with Crippen LogP contribution >= 0.6 is 0 Å². The van der Waals surface area contributed by atoms with Gasteiger partial charge in [0, 0.05) is 13.0 Å². The van der Waals surface area contributed by atoms with Gasteiger partial charge in [0.15, 0.2) is 11.5 Å². The van der Waals surface area contributed by atoms with Gasteiger partial charge in [0.25, 0.3) is 0 Å². The molecule has 6 heteroatoms. The van der Waals surface area contributed by atoms with Crippen molar-refractivity contribution in [1.82, 2.24) is 10.8 Å². The first-order chi connectivity index (χ1) is 12.2. The Morgan fingerprint density at radius 3 is 2.48 bits per heavy atom. The Balaban J connectivity index is 1.39. The van der Waals surface area contributed by atoms with Crippen molar-refractivity contribution in [2.24, 2.45) is 0 Å². The molecule has 3 N–H and O–H groups in total. The van der Waals surface area contributed by atoms with Crippen LogP contribution in [-0.2, 0) is 24.2 Å². The highest BCUT2D eigenvalue weighted by atomic mass is 16.7. The van der Waals surface area contributed by atoms with Crippen LogP contribution in [0.1, 0.15) is 23.1 Å². The number of hydrogen-bond acceptors (Lipinski definition) is 5. The molecule has 3 rings (SSSR count). The summed E-state index contributed by atoms with van der Waals surface area (Å²) in [4.78, 5) is 11.0. The maximum absolute atomic E-state index is 11.0. The zero-order valence-electron chi connectivity index (χ0n) is 14.0. The van der Waals surface area contributed by atoms with E-state index in [-0.39, 0.29) is 12.3 Å². The fourth-order valence-corrected chi connectivity index (χ4v) is 2.70. The Bertz CT molecular complexity index is 716. The molecule has 0 aromatic heterocycles. The summed E-state index contributed by atoms with van der Waals surface area (Å²) in [6.45, 7) is 1.97. The highest BCUT2D eigenvalue weighted by molar-refractivity contribution is 5.74. The molecule has 0 bridgehead atoms. The van der Waals surface area contributed by atoms with Gasteiger partial charge in [-0.1, -0.05) is 30.3 Å². The summed E-state index contributed by atoms with van der Waals surface area (Å²) in [6, 6.07) is 14.2. The highest BCUT2D eigenvalue weighted by Gasteiger charge is 2.12. The molecule has 0 saturated heterocycles. The predicted molar refractivity (Wildman–Crippen MR) is 92.7 cm³/mol. The van der Waals surface area contributed by atoms with E-state index in [4.69, 9.17) is 14.7 Å². The summed E-state index contributed by atoms with van der Waals surface area (Å²) in [5, 5.41) is 11.9. The van der Waals surface area contributed by atoms with Gasteiger partial charge in [-0.3, -0.25) is 10.0 Å². The normalized spacial score (nSPS) is 12.2. The summed E-state index contributed by atoms with van der Waals surface area (Å²) in [7, 11) is 0. The number of fused-ring (bicyclic) bond motifs is 1. The predicted octanol–water partition coefficient (Wildman–Crippen LogP) is 2.19. The van der Waals surface area contributed by atoms with Crippen molar-refractivity contribution in [2.45, 2.75) is 25.8 Å². The van der Waals surface area contributed by atoms with Gasteiger partial charge in [-0.15, -0.1) is 0 Å². The third-order valence-electron chi connectivity index (χ3n) is 4.14. The summed E-state index contributed by atoms with van der Waals surface area (Å²) in [6.07, 6.45) is 1.82. The average molecular weight is 342 g/mol. The Morgan fingerprint density at radius 1 is 0.960 bits per heavy atom. The highest BCUT2D eigenvalue weighted by Crippen LogP contribution is 2.32. The van der Waals surface area contributed by atoms with Crippen LogP contribution in [0, 0.1) is 0 Å². The summed E-state index contributed by atoms with van der Waals surface area (Å²) >= 11 is 0. The van der Waals surface area contributed by atoms with Gasteiger partial charge in [0.2, 0.25) is 12.7 Å². The minimum atomic E-state index is -0.366. The molecule has 1 heterocycles. The molecule has 0 unspecified atom stereocenters. The lowest BCUT2D eigenvalue weighted by Crippen LogP contribution is -2.18. The van der Waals surface area contributed by atoms with Gasteiger partial charge in [-0.2, -0.15) is 0 Å². The van der Waals surface area contributed by atoms with Crippen molar-refractivity contribution in [3.05, 3.63) is 59.2 Å². The summed E-state index contributed by atoms with van der Waals surface area (Å²) < 4.78 is 10.7. The monoisotopic (exact) mass is 342 g/mol. The molecule has 6 nitrogen and oxygen atoms in total. The number of benzene rings is 2. The van der Waals surface area contributed by atoms with Crippen LogP contribution in [0.2, 0.25) is 0 Å². The second-order valence-electron chi connectivity index (χ2n) is 5.97. The van der Waals surface area contributed by atoms with E-state index < -0.39 is 0 Å². The van der Waals surface area contributed by atoms with E-state index in [0.717, 1.165) is 36.6 Å². The molecule has 2 aromatic carbocycles. The number of rotatable bonds is 8. The lowest BCUT2D eigenvalue weighted by atomic mass is 10.1. The molecule has 0 atom stereocenters. The average Bonchev–Trinajstić information content (AvgIpc) is 3.12. The zero-order chi connectivity index (χ0) is 17.5. The number of ether oxygens (including phenoxy) is 2. The second-order valence-corrected chi connectivity index (χ2v) is 5.97. The fourth-order valence-electron chi connectivity index (χ4n) is 2.70. The maximum Gasteiger partial charge on any atom is 0.243 e. The minimum absolute atomic E-state index is 0.281. The van der Waals surface area contributed by atoms with E-state index in [2.05, 4.69) is 23.5 Å². The first kappa shape index (κ1) is 17.3. The third-order valence-corrected chi connectivity index (χ3v) is 4.14. The van der Waals surface area contributed by atoms with E-state index in [1.54, 1.807) is 5.48 Å². The van der Waals surface area contributed by atoms with Crippen molar-refractivity contribution in [1.29, 1.82) is 0 Å². The van der Waals surface area contributed by atoms with E-state index in [1.165, 1.54) is 11.1 Å². The topological polar surface area (TPSA) is 79.8 Å². The summed E-state index contributed by atoms with van der Waals surface area (Å²) in [5.41, 5.74) is 5.13. The van der Waals surface area contributed by atoms with E-state index in [1.807, 2.05) is 24.3 Å². The molecule has 0 saturated carbocycles. The lowest BCUT2D eigenvalue weighted by Gasteiger charge is -2.07. The van der Waals surface area contributed by atoms with Crippen molar-refractivity contribution in [2.75, 3.05) is 13.3 Å². The Labute approximate surface area is 146 Å². The van der Waals surface area contributed by atoms with E-state index in [9.17, 15) is 4.79 Å². The maximum atomic E-state index is 11.0. The van der Waals surface area contributed by atoms with Gasteiger partial charge in [-0.25, -0.2) is 5.48 Å². The van der Waals surface area contributed by atoms with Crippen LogP contribution in [0.15, 0.2) is 42.5 Å². The number of hydrogen-bond donors (Lipinski definition) is 3. The van der Waals surface area contributed by atoms with Crippen molar-refractivity contribution in [3.63, 3.8) is 0 Å². The quantitative estimate of drug-likeness (QED) is 0.389. The van der Waals surface area contributed by atoms with Crippen molar-refractivity contribution < 1.29 is 19.5 Å². The molecule has 132 valence electrons. The van der Waals surface area contributed by atoms with Crippen LogP contribution in [0.4, 0.5) is 0 Å². The number of carbonyl (C=O) groups excluding carboxylic acids is 1. The van der Waals surface area contributed by atoms with Gasteiger partial charge < -0.3 is 14.8 Å². The second kappa shape index (κ2) is 8.50. The standard InChI is InChI=1S/C19H22N2O4/c22-19(21-23)8-6-14-1-3-16(4-2-14)12-20-10-9-15-5-7-17-18(11-15)25-13-24-17/h1-5,7,11,20,23H,6,8-10,12-13H2,(H,21,22). The van der Waals surface area contributed by atoms with Crippen LogP contribution < -0.4 is 20.3 Å². The first-order valence-corrected chi connectivity index (χ1v) is 8.34. The van der Waals surface area contributed by atoms with Gasteiger partial charge in [0.05, 0.1) is 0 Å². The van der Waals surface area contributed by atoms with Crippen LogP contribution in [0.3, 0.4) is 0 Å². The zero-order valence-corrected chi connectivity index (χ0v) is 14.0. The lowest BCUT2D eigenvalue weighted by molar-refractivity contribution is -0.129. The Morgan fingerprint density at radius 2 is 1.68 bits per heavy atom. The molecule has 2 aromatic rings. The molecule has 1 amide bonds. The molecule has 25 heavy (non-hydrogen) atoms. The number of nitrogens with one attached hydrogen (secondary N) is 2. The largest absolute Gasteiger partial charge is 0.454 e. The number of aryl methyl sites for hydroxylation is 1. The molecule has 0 spiro atoms. The van der Waals surface area contributed by atoms with Crippen LogP contribution in [-0.4, -0.2) is 24.5 Å². The molecule has 0 radical (unpaired) electrons. The SMILES string of the molecule is O=C(CCc1ccc(CNCCc2ccc3c(c2)OCO3)cc1)NO. The van der Waals surface area contributed by atoms with Gasteiger partial charge >= 0.3 is 0 Å². The first-order valence-electron chi connectivity index (χ1n) is 8.34. The van der Waals surface area contributed by atoms with Crippen LogP contribution in [0.5, 0.6) is 11.5 Å². The molecular formula is C19H22N2O4. The number of amides is 1. The Hall–Kier alpha value is -2.57. The fraction of sp³-hybridized carbons (Fsp3) is 0.316. The van der Waals surface area contributed by atoms with E-state index >= 15 is 0 Å². The van der Waals surface area contributed by atoms with Crippen LogP contribution in [0.25, 0.3) is 0 Å². The molecule has 0 aliphatic carbocycles. The summed E-state index contributed by atoms with van der Waals surface area (Å²) in [5.74, 6) is 1.27. The minimum Gasteiger partial charge on any atom is -0.454 e. The smallest absolute Gasteiger partial charge is 0.243 e. The molecular weight excluding hydrogens is 320 g/mol. The van der Waals surface area contributed by atoms with E-state index in [0.29, 0.717) is 13.2 Å². The Kier molecular flexibility index (Phi) is 5.87. The third kappa shape index (κ3) is 4.95. The van der Waals surface area contributed by atoms with Gasteiger partial charge in [-0.05, 0) is 48.2 Å². The molecule has 1 aliphatic rings. The number of carbonyl (C=O) groups is 1. The number of hydroxylamine groups is 1. The van der Waals surface area contributed by atoms with Gasteiger partial charge in [0.1, 0.15) is 0 Å². The molecule has 0 fully saturated rings. The van der Waals surface area contributed by atoms with Crippen molar-refractivity contribution >= 4 is 5.91 Å². The van der Waals surface area contributed by atoms with Crippen molar-refractivity contribution in [3.8, 4) is 11.5 Å². The molecule has 1 aliphatic heterocycles.